The number of piperidine rings is 1. The predicted molar refractivity (Wildman–Crippen MR) is 76.9 cm³/mol. The SMILES string of the molecule is CCOC1(OCC)CCCN(Cc2ccccc2)C1. The molecule has 0 N–H and O–H groups in total. The molecule has 2 rings (SSSR count). The number of benzene rings is 1. The fraction of sp³-hybridized carbons (Fsp3) is 0.625. The third-order valence-corrected chi connectivity index (χ3v) is 3.56. The molecule has 0 amide bonds. The van der Waals surface area contributed by atoms with Gasteiger partial charge >= 0.3 is 0 Å². The van der Waals surface area contributed by atoms with Gasteiger partial charge in [-0.2, -0.15) is 0 Å². The van der Waals surface area contributed by atoms with E-state index in [2.05, 4.69) is 35.2 Å². The van der Waals surface area contributed by atoms with Gasteiger partial charge < -0.3 is 9.47 Å². The highest BCUT2D eigenvalue weighted by atomic mass is 16.7. The van der Waals surface area contributed by atoms with Gasteiger partial charge in [-0.25, -0.2) is 0 Å². The van der Waals surface area contributed by atoms with Gasteiger partial charge in [0, 0.05) is 26.2 Å². The largest absolute Gasteiger partial charge is 0.349 e. The van der Waals surface area contributed by atoms with E-state index in [4.69, 9.17) is 9.47 Å². The zero-order chi connectivity index (χ0) is 13.6. The van der Waals surface area contributed by atoms with Gasteiger partial charge in [0.2, 0.25) is 0 Å². The molecule has 106 valence electrons. The highest BCUT2D eigenvalue weighted by molar-refractivity contribution is 5.14. The molecule has 3 heteroatoms. The van der Waals surface area contributed by atoms with Crippen molar-refractivity contribution >= 4 is 0 Å². The van der Waals surface area contributed by atoms with Crippen molar-refractivity contribution < 1.29 is 9.47 Å². The molecule has 0 unspecified atom stereocenters. The van der Waals surface area contributed by atoms with Gasteiger partial charge in [0.1, 0.15) is 0 Å². The lowest BCUT2D eigenvalue weighted by molar-refractivity contribution is -0.256. The van der Waals surface area contributed by atoms with Crippen molar-refractivity contribution in [2.45, 2.75) is 39.0 Å². The van der Waals surface area contributed by atoms with E-state index in [1.807, 2.05) is 13.8 Å². The van der Waals surface area contributed by atoms with Crippen LogP contribution in [0.1, 0.15) is 32.3 Å². The maximum absolute atomic E-state index is 5.91. The van der Waals surface area contributed by atoms with Crippen LogP contribution in [0.3, 0.4) is 0 Å². The minimum Gasteiger partial charge on any atom is -0.349 e. The van der Waals surface area contributed by atoms with Crippen LogP contribution < -0.4 is 0 Å². The van der Waals surface area contributed by atoms with Crippen molar-refractivity contribution in [1.82, 2.24) is 4.90 Å². The third kappa shape index (κ3) is 4.03. The maximum Gasteiger partial charge on any atom is 0.180 e. The fourth-order valence-electron chi connectivity index (χ4n) is 2.85. The van der Waals surface area contributed by atoms with Crippen molar-refractivity contribution in [2.24, 2.45) is 0 Å². The van der Waals surface area contributed by atoms with Crippen molar-refractivity contribution in [3.05, 3.63) is 35.9 Å². The van der Waals surface area contributed by atoms with Crippen LogP contribution in [-0.4, -0.2) is 37.0 Å². The fourth-order valence-corrected chi connectivity index (χ4v) is 2.85. The van der Waals surface area contributed by atoms with E-state index in [0.29, 0.717) is 13.2 Å². The molecule has 19 heavy (non-hydrogen) atoms. The first-order valence-electron chi connectivity index (χ1n) is 7.32. The van der Waals surface area contributed by atoms with Crippen LogP contribution >= 0.6 is 0 Å². The van der Waals surface area contributed by atoms with Crippen molar-refractivity contribution in [3.63, 3.8) is 0 Å². The predicted octanol–water partition coefficient (Wildman–Crippen LogP) is 3.05. The number of hydrogen-bond acceptors (Lipinski definition) is 3. The summed E-state index contributed by atoms with van der Waals surface area (Å²) in [6, 6.07) is 10.6. The van der Waals surface area contributed by atoms with Crippen molar-refractivity contribution in [1.29, 1.82) is 0 Å². The highest BCUT2D eigenvalue weighted by Crippen LogP contribution is 2.27. The normalized spacial score (nSPS) is 19.5. The molecular weight excluding hydrogens is 238 g/mol. The Morgan fingerprint density at radius 2 is 1.79 bits per heavy atom. The van der Waals surface area contributed by atoms with E-state index in [9.17, 15) is 0 Å². The lowest BCUT2D eigenvalue weighted by atomic mass is 10.0. The summed E-state index contributed by atoms with van der Waals surface area (Å²) in [5.41, 5.74) is 1.35. The third-order valence-electron chi connectivity index (χ3n) is 3.56. The molecule has 1 aromatic rings. The summed E-state index contributed by atoms with van der Waals surface area (Å²) in [5, 5.41) is 0. The first-order chi connectivity index (χ1) is 9.28. The van der Waals surface area contributed by atoms with E-state index in [0.717, 1.165) is 32.5 Å². The standard InChI is InChI=1S/C16H25NO2/c1-3-18-16(19-4-2)11-8-12-17(14-16)13-15-9-6-5-7-10-15/h5-7,9-10H,3-4,8,11-14H2,1-2H3. The number of rotatable bonds is 6. The Morgan fingerprint density at radius 1 is 1.11 bits per heavy atom. The summed E-state index contributed by atoms with van der Waals surface area (Å²) < 4.78 is 11.8. The molecule has 1 aliphatic rings. The van der Waals surface area contributed by atoms with Gasteiger partial charge in [0.05, 0.1) is 6.54 Å². The second-order valence-electron chi connectivity index (χ2n) is 5.08. The minimum atomic E-state index is -0.392. The molecule has 1 fully saturated rings. The Morgan fingerprint density at radius 3 is 2.42 bits per heavy atom. The molecular formula is C16H25NO2. The Kier molecular flexibility index (Phi) is 5.37. The molecule has 0 saturated carbocycles. The second-order valence-corrected chi connectivity index (χ2v) is 5.08. The van der Waals surface area contributed by atoms with Crippen molar-refractivity contribution in [3.8, 4) is 0 Å². The van der Waals surface area contributed by atoms with Gasteiger partial charge in [-0.1, -0.05) is 30.3 Å². The highest BCUT2D eigenvalue weighted by Gasteiger charge is 2.36. The Labute approximate surface area is 116 Å². The smallest absolute Gasteiger partial charge is 0.180 e. The first kappa shape index (κ1) is 14.5. The number of ether oxygens (including phenoxy) is 2. The average Bonchev–Trinajstić information content (AvgIpc) is 2.41. The summed E-state index contributed by atoms with van der Waals surface area (Å²) >= 11 is 0. The van der Waals surface area contributed by atoms with Crippen LogP contribution in [0.4, 0.5) is 0 Å². The van der Waals surface area contributed by atoms with Crippen LogP contribution in [0.15, 0.2) is 30.3 Å². The van der Waals surface area contributed by atoms with Crippen molar-refractivity contribution in [2.75, 3.05) is 26.3 Å². The molecule has 1 heterocycles. The Hall–Kier alpha value is -0.900. The quantitative estimate of drug-likeness (QED) is 0.736. The van der Waals surface area contributed by atoms with Gasteiger partial charge in [-0.3, -0.25) is 4.90 Å². The maximum atomic E-state index is 5.91. The van der Waals surface area contributed by atoms with Gasteiger partial charge in [0.15, 0.2) is 5.79 Å². The zero-order valence-electron chi connectivity index (χ0n) is 12.1. The first-order valence-corrected chi connectivity index (χ1v) is 7.32. The molecule has 0 atom stereocenters. The molecule has 0 radical (unpaired) electrons. The van der Waals surface area contributed by atoms with Gasteiger partial charge in [-0.15, -0.1) is 0 Å². The van der Waals surface area contributed by atoms with Crippen LogP contribution in [0.25, 0.3) is 0 Å². The van der Waals surface area contributed by atoms with Crippen LogP contribution in [0, 0.1) is 0 Å². The summed E-state index contributed by atoms with van der Waals surface area (Å²) in [7, 11) is 0. The average molecular weight is 263 g/mol. The zero-order valence-corrected chi connectivity index (χ0v) is 12.1. The van der Waals surface area contributed by atoms with Crippen LogP contribution in [0.2, 0.25) is 0 Å². The summed E-state index contributed by atoms with van der Waals surface area (Å²) in [4.78, 5) is 2.43. The Bertz CT molecular complexity index is 355. The van der Waals surface area contributed by atoms with Crippen LogP contribution in [0.5, 0.6) is 0 Å². The molecule has 0 spiro atoms. The molecule has 3 nitrogen and oxygen atoms in total. The summed E-state index contributed by atoms with van der Waals surface area (Å²) in [5.74, 6) is -0.392. The molecule has 0 aromatic heterocycles. The molecule has 0 aliphatic carbocycles. The van der Waals surface area contributed by atoms with E-state index in [1.165, 1.54) is 5.56 Å². The van der Waals surface area contributed by atoms with Crippen LogP contribution in [-0.2, 0) is 16.0 Å². The lowest BCUT2D eigenvalue weighted by Crippen LogP contribution is -2.51. The van der Waals surface area contributed by atoms with E-state index in [-0.39, 0.29) is 0 Å². The number of hydrogen-bond donors (Lipinski definition) is 0. The second kappa shape index (κ2) is 7.04. The van der Waals surface area contributed by atoms with E-state index in [1.54, 1.807) is 0 Å². The van der Waals surface area contributed by atoms with Gasteiger partial charge in [0.25, 0.3) is 0 Å². The topological polar surface area (TPSA) is 21.7 Å². The minimum absolute atomic E-state index is 0.392. The molecule has 1 saturated heterocycles. The molecule has 0 bridgehead atoms. The summed E-state index contributed by atoms with van der Waals surface area (Å²) in [6.45, 7) is 8.45. The van der Waals surface area contributed by atoms with E-state index >= 15 is 0 Å². The summed E-state index contributed by atoms with van der Waals surface area (Å²) in [6.07, 6.45) is 2.13. The number of nitrogens with zero attached hydrogens (tertiary/aromatic N) is 1. The molecule has 1 aliphatic heterocycles. The van der Waals surface area contributed by atoms with Gasteiger partial charge in [-0.05, 0) is 32.4 Å². The monoisotopic (exact) mass is 263 g/mol. The van der Waals surface area contributed by atoms with E-state index < -0.39 is 5.79 Å². The number of likely N-dealkylation sites (tertiary alicyclic amines) is 1. The Balaban J connectivity index is 1.99. The lowest BCUT2D eigenvalue weighted by Gasteiger charge is -2.42. The molecule has 1 aromatic carbocycles.